The molecule has 1 aliphatic carbocycles. The van der Waals surface area contributed by atoms with Crippen molar-refractivity contribution >= 4 is 11.9 Å². The van der Waals surface area contributed by atoms with E-state index in [-0.39, 0.29) is 35.1 Å². The van der Waals surface area contributed by atoms with E-state index in [1.165, 1.54) is 6.07 Å². The third-order valence-electron chi connectivity index (χ3n) is 3.70. The van der Waals surface area contributed by atoms with Crippen LogP contribution in [0.15, 0.2) is 23.0 Å². The van der Waals surface area contributed by atoms with Crippen molar-refractivity contribution in [3.8, 4) is 0 Å². The highest BCUT2D eigenvalue weighted by Gasteiger charge is 2.28. The topological polar surface area (TPSA) is 88.3 Å². The Hall–Kier alpha value is -2.11. The number of hydrogen-bond donors (Lipinski definition) is 2. The minimum absolute atomic E-state index is 0.0342. The molecule has 1 aromatic heterocycles. The minimum Gasteiger partial charge on any atom is -0.466 e. The first kappa shape index (κ1) is 15.3. The van der Waals surface area contributed by atoms with Crippen LogP contribution in [0, 0.1) is 5.92 Å². The van der Waals surface area contributed by atoms with E-state index in [4.69, 9.17) is 4.74 Å². The van der Waals surface area contributed by atoms with Gasteiger partial charge in [-0.3, -0.25) is 14.4 Å². The zero-order valence-corrected chi connectivity index (χ0v) is 12.1. The van der Waals surface area contributed by atoms with Gasteiger partial charge in [-0.1, -0.05) is 6.07 Å². The van der Waals surface area contributed by atoms with Crippen molar-refractivity contribution in [1.82, 2.24) is 10.3 Å². The average Bonchev–Trinajstić information content (AvgIpc) is 2.48. The standard InChI is InChI=1S/C15H20N2O4/c1-2-21-15(20)10-6-8-11(9-7-10)16-14(19)12-4-3-5-13(18)17-12/h3-5,10-11H,2,6-9H2,1H3,(H,16,19)(H,17,18). The van der Waals surface area contributed by atoms with E-state index in [0.717, 1.165) is 25.7 Å². The summed E-state index contributed by atoms with van der Waals surface area (Å²) in [4.78, 5) is 37.3. The lowest BCUT2D eigenvalue weighted by atomic mass is 9.86. The maximum Gasteiger partial charge on any atom is 0.308 e. The molecule has 1 aliphatic rings. The Morgan fingerprint density at radius 2 is 2.00 bits per heavy atom. The number of carbonyl (C=O) groups excluding carboxylic acids is 2. The molecule has 0 aliphatic heterocycles. The van der Waals surface area contributed by atoms with Crippen molar-refractivity contribution in [2.45, 2.75) is 38.6 Å². The summed E-state index contributed by atoms with van der Waals surface area (Å²) in [6.07, 6.45) is 2.92. The molecule has 6 heteroatoms. The van der Waals surface area contributed by atoms with Crippen LogP contribution in [0.3, 0.4) is 0 Å². The molecule has 1 amide bonds. The molecule has 2 N–H and O–H groups in total. The van der Waals surface area contributed by atoms with Gasteiger partial charge in [-0.15, -0.1) is 0 Å². The number of ether oxygens (including phenoxy) is 1. The molecule has 6 nitrogen and oxygen atoms in total. The van der Waals surface area contributed by atoms with Crippen LogP contribution in [-0.4, -0.2) is 29.5 Å². The van der Waals surface area contributed by atoms with Gasteiger partial charge in [-0.05, 0) is 38.7 Å². The first-order valence-corrected chi connectivity index (χ1v) is 7.27. The van der Waals surface area contributed by atoms with Crippen molar-refractivity contribution in [1.29, 1.82) is 0 Å². The predicted octanol–water partition coefficient (Wildman–Crippen LogP) is 1.23. The molecule has 1 aromatic rings. The molecule has 0 unspecified atom stereocenters. The molecular formula is C15H20N2O4. The lowest BCUT2D eigenvalue weighted by molar-refractivity contribution is -0.149. The highest BCUT2D eigenvalue weighted by molar-refractivity contribution is 5.92. The van der Waals surface area contributed by atoms with Gasteiger partial charge in [-0.2, -0.15) is 0 Å². The Kier molecular flexibility index (Phi) is 5.14. The number of esters is 1. The number of rotatable bonds is 4. The Labute approximate surface area is 122 Å². The Morgan fingerprint density at radius 3 is 2.62 bits per heavy atom. The largest absolute Gasteiger partial charge is 0.466 e. The summed E-state index contributed by atoms with van der Waals surface area (Å²) in [6.45, 7) is 2.20. The van der Waals surface area contributed by atoms with Gasteiger partial charge in [0.2, 0.25) is 5.56 Å². The molecule has 114 valence electrons. The second-order valence-corrected chi connectivity index (χ2v) is 5.20. The van der Waals surface area contributed by atoms with Crippen LogP contribution in [-0.2, 0) is 9.53 Å². The van der Waals surface area contributed by atoms with Gasteiger partial charge >= 0.3 is 5.97 Å². The zero-order valence-electron chi connectivity index (χ0n) is 12.1. The lowest BCUT2D eigenvalue weighted by Gasteiger charge is -2.27. The highest BCUT2D eigenvalue weighted by Crippen LogP contribution is 2.25. The van der Waals surface area contributed by atoms with Gasteiger partial charge in [0.15, 0.2) is 0 Å². The van der Waals surface area contributed by atoms with E-state index in [1.807, 2.05) is 0 Å². The predicted molar refractivity (Wildman–Crippen MR) is 76.9 cm³/mol. The van der Waals surface area contributed by atoms with Crippen molar-refractivity contribution < 1.29 is 14.3 Å². The Balaban J connectivity index is 1.85. The van der Waals surface area contributed by atoms with E-state index in [0.29, 0.717) is 6.61 Å². The fraction of sp³-hybridized carbons (Fsp3) is 0.533. The van der Waals surface area contributed by atoms with Crippen LogP contribution in [0.4, 0.5) is 0 Å². The van der Waals surface area contributed by atoms with Crippen molar-refractivity contribution in [2.75, 3.05) is 6.61 Å². The van der Waals surface area contributed by atoms with Crippen molar-refractivity contribution in [3.63, 3.8) is 0 Å². The number of aromatic nitrogens is 1. The third kappa shape index (κ3) is 4.18. The summed E-state index contributed by atoms with van der Waals surface area (Å²) < 4.78 is 5.01. The smallest absolute Gasteiger partial charge is 0.308 e. The van der Waals surface area contributed by atoms with Crippen LogP contribution in [0.5, 0.6) is 0 Å². The number of H-pyrrole nitrogens is 1. The summed E-state index contributed by atoms with van der Waals surface area (Å²) in [7, 11) is 0. The summed E-state index contributed by atoms with van der Waals surface area (Å²) in [6, 6.07) is 4.51. The molecule has 1 saturated carbocycles. The number of amides is 1. The summed E-state index contributed by atoms with van der Waals surface area (Å²) in [5.74, 6) is -0.489. The van der Waals surface area contributed by atoms with Gasteiger partial charge in [0.05, 0.1) is 12.5 Å². The van der Waals surface area contributed by atoms with Crippen molar-refractivity contribution in [2.24, 2.45) is 5.92 Å². The average molecular weight is 292 g/mol. The monoisotopic (exact) mass is 292 g/mol. The lowest BCUT2D eigenvalue weighted by Crippen LogP contribution is -2.39. The highest BCUT2D eigenvalue weighted by atomic mass is 16.5. The first-order valence-electron chi connectivity index (χ1n) is 7.27. The van der Waals surface area contributed by atoms with Crippen LogP contribution in [0.1, 0.15) is 43.1 Å². The number of carbonyl (C=O) groups is 2. The van der Waals surface area contributed by atoms with Crippen LogP contribution >= 0.6 is 0 Å². The summed E-state index contributed by atoms with van der Waals surface area (Å²) in [5.41, 5.74) is -0.0383. The number of hydrogen-bond acceptors (Lipinski definition) is 4. The first-order chi connectivity index (χ1) is 10.1. The second kappa shape index (κ2) is 7.06. The van der Waals surface area contributed by atoms with Crippen molar-refractivity contribution in [3.05, 3.63) is 34.2 Å². The number of pyridine rings is 1. The molecule has 0 saturated heterocycles. The van der Waals surface area contributed by atoms with Gasteiger partial charge in [0.1, 0.15) is 5.69 Å². The quantitative estimate of drug-likeness (QED) is 0.817. The van der Waals surface area contributed by atoms with Crippen LogP contribution in [0.2, 0.25) is 0 Å². The molecule has 21 heavy (non-hydrogen) atoms. The van der Waals surface area contributed by atoms with Gasteiger partial charge in [0, 0.05) is 12.1 Å². The molecule has 1 heterocycles. The fourth-order valence-electron chi connectivity index (χ4n) is 2.58. The molecule has 0 atom stereocenters. The molecule has 0 bridgehead atoms. The molecule has 0 aromatic carbocycles. The van der Waals surface area contributed by atoms with Gasteiger partial charge in [0.25, 0.3) is 5.91 Å². The minimum atomic E-state index is -0.298. The SMILES string of the molecule is CCOC(=O)C1CCC(NC(=O)c2cccc(=O)[nH]2)CC1. The molecule has 1 fully saturated rings. The molecule has 0 radical (unpaired) electrons. The molecule has 2 rings (SSSR count). The normalized spacial score (nSPS) is 21.6. The Morgan fingerprint density at radius 1 is 1.29 bits per heavy atom. The summed E-state index contributed by atoms with van der Waals surface area (Å²) >= 11 is 0. The van der Waals surface area contributed by atoms with E-state index in [1.54, 1.807) is 19.1 Å². The van der Waals surface area contributed by atoms with Crippen LogP contribution < -0.4 is 10.9 Å². The van der Waals surface area contributed by atoms with E-state index in [9.17, 15) is 14.4 Å². The maximum absolute atomic E-state index is 12.0. The summed E-state index contributed by atoms with van der Waals surface area (Å²) in [5, 5.41) is 2.89. The maximum atomic E-state index is 12.0. The number of aromatic amines is 1. The fourth-order valence-corrected chi connectivity index (χ4v) is 2.58. The number of nitrogens with one attached hydrogen (secondary N) is 2. The van der Waals surface area contributed by atoms with E-state index < -0.39 is 0 Å². The van der Waals surface area contributed by atoms with Gasteiger partial charge in [-0.25, -0.2) is 0 Å². The van der Waals surface area contributed by atoms with Crippen LogP contribution in [0.25, 0.3) is 0 Å². The molecule has 0 spiro atoms. The zero-order chi connectivity index (χ0) is 15.2. The third-order valence-corrected chi connectivity index (χ3v) is 3.70. The van der Waals surface area contributed by atoms with E-state index in [2.05, 4.69) is 10.3 Å². The van der Waals surface area contributed by atoms with E-state index >= 15 is 0 Å². The van der Waals surface area contributed by atoms with Gasteiger partial charge < -0.3 is 15.0 Å². The molecular weight excluding hydrogens is 272 g/mol. The Bertz CT molecular complexity index is 559. The second-order valence-electron chi connectivity index (χ2n) is 5.20.